The number of benzene rings is 2. The van der Waals surface area contributed by atoms with Gasteiger partial charge in [0.1, 0.15) is 0 Å². The fourth-order valence-electron chi connectivity index (χ4n) is 2.31. The summed E-state index contributed by atoms with van der Waals surface area (Å²) in [4.78, 5) is 2.23. The molecule has 0 unspecified atom stereocenters. The summed E-state index contributed by atoms with van der Waals surface area (Å²) >= 11 is 0. The first-order valence-electron chi connectivity index (χ1n) is 6.75. The van der Waals surface area contributed by atoms with E-state index >= 15 is 0 Å². The van der Waals surface area contributed by atoms with Crippen LogP contribution in [0.25, 0.3) is 0 Å². The topological polar surface area (TPSA) is 29.3 Å². The fourth-order valence-corrected chi connectivity index (χ4v) is 2.31. The van der Waals surface area contributed by atoms with Crippen LogP contribution in [-0.2, 0) is 6.54 Å². The molecule has 0 saturated heterocycles. The van der Waals surface area contributed by atoms with Crippen molar-refractivity contribution in [2.45, 2.75) is 26.3 Å². The van der Waals surface area contributed by atoms with E-state index in [2.05, 4.69) is 74.3 Å². The van der Waals surface area contributed by atoms with Crippen molar-refractivity contribution in [1.29, 1.82) is 0 Å². The smallest absolute Gasteiger partial charge is 0.0443 e. The predicted molar refractivity (Wildman–Crippen MR) is 82.9 cm³/mol. The third kappa shape index (κ3) is 2.96. The van der Waals surface area contributed by atoms with Gasteiger partial charge in [-0.1, -0.05) is 44.2 Å². The Bertz CT molecular complexity index is 546. The molecule has 0 spiro atoms. The molecular formula is C17H22N2. The average Bonchev–Trinajstić information content (AvgIpc) is 2.46. The van der Waals surface area contributed by atoms with E-state index in [9.17, 15) is 0 Å². The zero-order valence-corrected chi connectivity index (χ0v) is 11.9. The Balaban J connectivity index is 2.40. The zero-order chi connectivity index (χ0) is 13.8. The van der Waals surface area contributed by atoms with Gasteiger partial charge in [0.25, 0.3) is 0 Å². The van der Waals surface area contributed by atoms with Crippen LogP contribution in [0.2, 0.25) is 0 Å². The van der Waals surface area contributed by atoms with Gasteiger partial charge in [0, 0.05) is 25.0 Å². The molecule has 19 heavy (non-hydrogen) atoms. The van der Waals surface area contributed by atoms with Gasteiger partial charge in [0.15, 0.2) is 0 Å². The highest BCUT2D eigenvalue weighted by molar-refractivity contribution is 5.66. The lowest BCUT2D eigenvalue weighted by Crippen LogP contribution is -2.12. The zero-order valence-electron chi connectivity index (χ0n) is 11.9. The van der Waals surface area contributed by atoms with Crippen molar-refractivity contribution in [3.8, 4) is 0 Å². The summed E-state index contributed by atoms with van der Waals surface area (Å²) in [5.41, 5.74) is 10.7. The third-order valence-electron chi connectivity index (χ3n) is 3.45. The lowest BCUT2D eigenvalue weighted by molar-refractivity contribution is 0.862. The monoisotopic (exact) mass is 254 g/mol. The van der Waals surface area contributed by atoms with Gasteiger partial charge in [-0.3, -0.25) is 0 Å². The Morgan fingerprint density at radius 3 is 2.47 bits per heavy atom. The normalized spacial score (nSPS) is 10.8. The minimum absolute atomic E-state index is 0.511. The summed E-state index contributed by atoms with van der Waals surface area (Å²) in [5, 5.41) is 0. The van der Waals surface area contributed by atoms with E-state index in [0.29, 0.717) is 12.5 Å². The van der Waals surface area contributed by atoms with Crippen LogP contribution in [-0.4, -0.2) is 7.05 Å². The highest BCUT2D eigenvalue weighted by atomic mass is 15.1. The highest BCUT2D eigenvalue weighted by Crippen LogP contribution is 2.31. The summed E-state index contributed by atoms with van der Waals surface area (Å²) < 4.78 is 0. The molecule has 0 aliphatic carbocycles. The quantitative estimate of drug-likeness (QED) is 0.892. The Morgan fingerprint density at radius 2 is 1.79 bits per heavy atom. The van der Waals surface area contributed by atoms with Crippen molar-refractivity contribution in [3.63, 3.8) is 0 Å². The maximum Gasteiger partial charge on any atom is 0.0443 e. The van der Waals surface area contributed by atoms with Crippen LogP contribution in [0.15, 0.2) is 48.5 Å². The summed E-state index contributed by atoms with van der Waals surface area (Å²) in [7, 11) is 2.11. The molecule has 0 atom stereocenters. The predicted octanol–water partition coefficient (Wildman–Crippen LogP) is 4.04. The van der Waals surface area contributed by atoms with Gasteiger partial charge < -0.3 is 10.6 Å². The second-order valence-electron chi connectivity index (χ2n) is 5.15. The van der Waals surface area contributed by atoms with E-state index < -0.39 is 0 Å². The number of nitrogens with two attached hydrogens (primary N) is 1. The summed E-state index contributed by atoms with van der Waals surface area (Å²) in [5.74, 6) is 0.511. The van der Waals surface area contributed by atoms with Gasteiger partial charge in [0.05, 0.1) is 0 Å². The van der Waals surface area contributed by atoms with Gasteiger partial charge >= 0.3 is 0 Å². The minimum Gasteiger partial charge on any atom is -0.344 e. The van der Waals surface area contributed by atoms with Crippen LogP contribution < -0.4 is 10.6 Å². The van der Waals surface area contributed by atoms with Crippen molar-refractivity contribution >= 4 is 11.4 Å². The molecule has 2 nitrogen and oxygen atoms in total. The molecule has 2 aromatic carbocycles. The van der Waals surface area contributed by atoms with Crippen molar-refractivity contribution in [3.05, 3.63) is 59.7 Å². The van der Waals surface area contributed by atoms with Crippen LogP contribution in [0.5, 0.6) is 0 Å². The highest BCUT2D eigenvalue weighted by Gasteiger charge is 2.11. The van der Waals surface area contributed by atoms with E-state index in [1.54, 1.807) is 0 Å². The number of rotatable bonds is 4. The Hall–Kier alpha value is -1.80. The molecule has 0 amide bonds. The van der Waals surface area contributed by atoms with Crippen LogP contribution in [0, 0.1) is 0 Å². The van der Waals surface area contributed by atoms with Gasteiger partial charge in [-0.05, 0) is 35.2 Å². The molecule has 2 rings (SSSR count). The lowest BCUT2D eigenvalue weighted by Gasteiger charge is -2.24. The van der Waals surface area contributed by atoms with Gasteiger partial charge in [-0.2, -0.15) is 0 Å². The van der Waals surface area contributed by atoms with Crippen molar-refractivity contribution in [2.75, 3.05) is 11.9 Å². The van der Waals surface area contributed by atoms with Gasteiger partial charge in [-0.25, -0.2) is 0 Å². The first kappa shape index (κ1) is 13.6. The standard InChI is InChI=1S/C17H22N2/c1-13(2)16-9-4-5-10-17(16)19(3)15-8-6-7-14(11-15)12-18/h4-11,13H,12,18H2,1-3H3. The van der Waals surface area contributed by atoms with Crippen molar-refractivity contribution < 1.29 is 0 Å². The SMILES string of the molecule is CC(C)c1ccccc1N(C)c1cccc(CN)c1. The molecular weight excluding hydrogens is 232 g/mol. The minimum atomic E-state index is 0.511. The molecule has 0 heterocycles. The van der Waals surface area contributed by atoms with Crippen LogP contribution in [0.4, 0.5) is 11.4 Å². The van der Waals surface area contributed by atoms with Gasteiger partial charge in [0.2, 0.25) is 0 Å². The number of nitrogens with zero attached hydrogens (tertiary/aromatic N) is 1. The first-order chi connectivity index (χ1) is 9.13. The Morgan fingerprint density at radius 1 is 1.05 bits per heavy atom. The summed E-state index contributed by atoms with van der Waals surface area (Å²) in [6.45, 7) is 5.03. The number of hydrogen-bond acceptors (Lipinski definition) is 2. The maximum atomic E-state index is 5.72. The van der Waals surface area contributed by atoms with Crippen molar-refractivity contribution in [1.82, 2.24) is 0 Å². The third-order valence-corrected chi connectivity index (χ3v) is 3.45. The van der Waals surface area contributed by atoms with Crippen LogP contribution in [0.3, 0.4) is 0 Å². The molecule has 0 aromatic heterocycles. The second-order valence-corrected chi connectivity index (χ2v) is 5.15. The number of anilines is 2. The average molecular weight is 254 g/mol. The molecule has 0 radical (unpaired) electrons. The lowest BCUT2D eigenvalue weighted by atomic mass is 10.0. The molecule has 2 N–H and O–H groups in total. The largest absolute Gasteiger partial charge is 0.344 e. The molecule has 0 aliphatic rings. The van der Waals surface area contributed by atoms with E-state index in [1.807, 2.05) is 0 Å². The first-order valence-corrected chi connectivity index (χ1v) is 6.75. The molecule has 0 saturated carbocycles. The van der Waals surface area contributed by atoms with Crippen LogP contribution in [0.1, 0.15) is 30.9 Å². The second kappa shape index (κ2) is 5.89. The Labute approximate surface area is 115 Å². The van der Waals surface area contributed by atoms with E-state index in [0.717, 1.165) is 5.56 Å². The maximum absolute atomic E-state index is 5.72. The molecule has 2 aromatic rings. The number of hydrogen-bond donors (Lipinski definition) is 1. The molecule has 0 bridgehead atoms. The van der Waals surface area contributed by atoms with Gasteiger partial charge in [-0.15, -0.1) is 0 Å². The molecule has 2 heteroatoms. The summed E-state index contributed by atoms with van der Waals surface area (Å²) in [6.07, 6.45) is 0. The van der Waals surface area contributed by atoms with E-state index in [4.69, 9.17) is 5.73 Å². The Kier molecular flexibility index (Phi) is 4.23. The molecule has 0 fully saturated rings. The van der Waals surface area contributed by atoms with Crippen molar-refractivity contribution in [2.24, 2.45) is 5.73 Å². The fraction of sp³-hybridized carbons (Fsp3) is 0.294. The molecule has 0 aliphatic heterocycles. The van der Waals surface area contributed by atoms with E-state index in [-0.39, 0.29) is 0 Å². The number of para-hydroxylation sites is 1. The summed E-state index contributed by atoms with van der Waals surface area (Å²) in [6, 6.07) is 17.0. The van der Waals surface area contributed by atoms with E-state index in [1.165, 1.54) is 16.9 Å². The molecule has 100 valence electrons. The van der Waals surface area contributed by atoms with Crippen LogP contribution >= 0.6 is 0 Å².